The zero-order valence-corrected chi connectivity index (χ0v) is 18.1. The summed E-state index contributed by atoms with van der Waals surface area (Å²) in [6.45, 7) is 7.67. The van der Waals surface area contributed by atoms with Crippen LogP contribution in [0.15, 0.2) is 30.3 Å². The van der Waals surface area contributed by atoms with Crippen LogP contribution in [0.2, 0.25) is 0 Å². The third-order valence-corrected chi connectivity index (χ3v) is 6.56. The van der Waals surface area contributed by atoms with Crippen molar-refractivity contribution in [1.82, 2.24) is 10.9 Å². The monoisotopic (exact) mass is 419 g/mol. The highest BCUT2D eigenvalue weighted by atomic mass is 32.2. The molecule has 1 aromatic heterocycles. The van der Waals surface area contributed by atoms with E-state index in [-0.39, 0.29) is 23.5 Å². The smallest absolute Gasteiger partial charge is 0.279 e. The summed E-state index contributed by atoms with van der Waals surface area (Å²) in [6, 6.07) is 9.32. The van der Waals surface area contributed by atoms with Gasteiger partial charge in [-0.1, -0.05) is 24.6 Å². The molecule has 0 aliphatic rings. The van der Waals surface area contributed by atoms with Gasteiger partial charge in [0.05, 0.1) is 15.9 Å². The number of thioether (sulfide) groups is 1. The molecule has 6 nitrogen and oxygen atoms in total. The van der Waals surface area contributed by atoms with E-state index in [1.165, 1.54) is 23.1 Å². The number of rotatable bonds is 7. The van der Waals surface area contributed by atoms with Gasteiger partial charge in [-0.3, -0.25) is 25.2 Å². The van der Waals surface area contributed by atoms with Gasteiger partial charge in [-0.15, -0.1) is 23.1 Å². The van der Waals surface area contributed by atoms with Gasteiger partial charge in [-0.05, 0) is 51.0 Å². The van der Waals surface area contributed by atoms with Gasteiger partial charge in [0.2, 0.25) is 5.91 Å². The molecule has 0 spiro atoms. The van der Waals surface area contributed by atoms with Crippen molar-refractivity contribution in [2.75, 3.05) is 11.1 Å². The molecule has 3 N–H and O–H groups in total. The molecule has 1 aromatic carbocycles. The number of amides is 3. The first kappa shape index (κ1) is 22.0. The van der Waals surface area contributed by atoms with E-state index in [1.54, 1.807) is 6.92 Å². The SMILES string of the molecule is CCc1sc(C(=O)NNC(=O)[C@H](C)SCC(=O)Nc2ccc(C)cc2)cc1C. The Morgan fingerprint density at radius 2 is 1.79 bits per heavy atom. The number of aryl methyl sites for hydroxylation is 3. The van der Waals surface area contributed by atoms with Crippen LogP contribution in [0.1, 0.15) is 39.5 Å². The average molecular weight is 420 g/mol. The minimum atomic E-state index is -0.486. The van der Waals surface area contributed by atoms with Crippen molar-refractivity contribution < 1.29 is 14.4 Å². The van der Waals surface area contributed by atoms with Gasteiger partial charge in [0.25, 0.3) is 11.8 Å². The molecule has 8 heteroatoms. The van der Waals surface area contributed by atoms with E-state index < -0.39 is 5.25 Å². The van der Waals surface area contributed by atoms with E-state index in [4.69, 9.17) is 0 Å². The fraction of sp³-hybridized carbons (Fsp3) is 0.350. The van der Waals surface area contributed by atoms with Crippen LogP contribution in [0.25, 0.3) is 0 Å². The first-order valence-corrected chi connectivity index (χ1v) is 10.8. The van der Waals surface area contributed by atoms with E-state index in [0.29, 0.717) is 4.88 Å². The zero-order chi connectivity index (χ0) is 20.7. The molecule has 0 saturated carbocycles. The number of carbonyl (C=O) groups excluding carboxylic acids is 3. The van der Waals surface area contributed by atoms with Crippen molar-refractivity contribution in [3.63, 3.8) is 0 Å². The predicted molar refractivity (Wildman–Crippen MR) is 116 cm³/mol. The second-order valence-corrected chi connectivity index (χ2v) is 8.85. The maximum absolute atomic E-state index is 12.2. The molecule has 0 fully saturated rings. The maximum Gasteiger partial charge on any atom is 0.279 e. The normalized spacial score (nSPS) is 11.6. The Morgan fingerprint density at radius 3 is 2.39 bits per heavy atom. The van der Waals surface area contributed by atoms with Crippen LogP contribution in [-0.2, 0) is 16.0 Å². The molecule has 0 aliphatic carbocycles. The first-order chi connectivity index (χ1) is 13.3. The average Bonchev–Trinajstić information content (AvgIpc) is 3.06. The number of hydrogen-bond acceptors (Lipinski definition) is 5. The highest BCUT2D eigenvalue weighted by Gasteiger charge is 2.17. The van der Waals surface area contributed by atoms with Gasteiger partial charge in [0.15, 0.2) is 0 Å². The molecule has 28 heavy (non-hydrogen) atoms. The molecule has 150 valence electrons. The lowest BCUT2D eigenvalue weighted by Gasteiger charge is -2.12. The summed E-state index contributed by atoms with van der Waals surface area (Å²) in [4.78, 5) is 38.0. The molecule has 3 amide bonds. The van der Waals surface area contributed by atoms with Gasteiger partial charge >= 0.3 is 0 Å². The van der Waals surface area contributed by atoms with E-state index in [0.717, 1.165) is 28.1 Å². The molecule has 2 aromatic rings. The number of nitrogens with one attached hydrogen (secondary N) is 3. The number of benzene rings is 1. The third kappa shape index (κ3) is 6.38. The highest BCUT2D eigenvalue weighted by Crippen LogP contribution is 2.22. The predicted octanol–water partition coefficient (Wildman–Crippen LogP) is 3.45. The van der Waals surface area contributed by atoms with Crippen LogP contribution in [0.4, 0.5) is 5.69 Å². The van der Waals surface area contributed by atoms with Crippen LogP contribution >= 0.6 is 23.1 Å². The Morgan fingerprint density at radius 1 is 1.11 bits per heavy atom. The van der Waals surface area contributed by atoms with E-state index in [1.807, 2.05) is 51.1 Å². The fourth-order valence-corrected chi connectivity index (χ4v) is 4.07. The maximum atomic E-state index is 12.2. The third-order valence-electron chi connectivity index (χ3n) is 4.03. The van der Waals surface area contributed by atoms with Crippen molar-refractivity contribution in [3.05, 3.63) is 51.2 Å². The lowest BCUT2D eigenvalue weighted by molar-refractivity contribution is -0.121. The van der Waals surface area contributed by atoms with Gasteiger partial charge in [-0.25, -0.2) is 0 Å². The Kier molecular flexibility index (Phi) is 8.07. The van der Waals surface area contributed by atoms with Crippen molar-refractivity contribution in [3.8, 4) is 0 Å². The summed E-state index contributed by atoms with van der Waals surface area (Å²) in [5.41, 5.74) is 7.77. The Labute approximate surface area is 173 Å². The van der Waals surface area contributed by atoms with Gasteiger partial charge in [0, 0.05) is 10.6 Å². The lowest BCUT2D eigenvalue weighted by Crippen LogP contribution is -2.44. The molecule has 0 saturated heterocycles. The van der Waals surface area contributed by atoms with Crippen molar-refractivity contribution in [2.45, 2.75) is 39.4 Å². The largest absolute Gasteiger partial charge is 0.325 e. The van der Waals surface area contributed by atoms with Gasteiger partial charge < -0.3 is 5.32 Å². The number of hydrogen-bond donors (Lipinski definition) is 3. The number of hydrazine groups is 1. The van der Waals surface area contributed by atoms with Crippen LogP contribution in [-0.4, -0.2) is 28.7 Å². The van der Waals surface area contributed by atoms with Crippen LogP contribution in [0, 0.1) is 13.8 Å². The van der Waals surface area contributed by atoms with Crippen molar-refractivity contribution >= 4 is 46.5 Å². The standard InChI is InChI=1S/C20H25N3O3S2/c1-5-16-13(3)10-17(28-16)20(26)23-22-19(25)14(4)27-11-18(24)21-15-8-6-12(2)7-9-15/h6-10,14H,5,11H2,1-4H3,(H,21,24)(H,22,25)(H,23,26)/t14-/m0/s1. The first-order valence-electron chi connectivity index (χ1n) is 8.97. The minimum Gasteiger partial charge on any atom is -0.325 e. The molecule has 0 bridgehead atoms. The van der Waals surface area contributed by atoms with Crippen LogP contribution < -0.4 is 16.2 Å². The highest BCUT2D eigenvalue weighted by molar-refractivity contribution is 8.01. The summed E-state index contributed by atoms with van der Waals surface area (Å²) < 4.78 is 0. The quantitative estimate of drug-likeness (QED) is 0.600. The molecule has 0 radical (unpaired) electrons. The summed E-state index contributed by atoms with van der Waals surface area (Å²) in [7, 11) is 0. The summed E-state index contributed by atoms with van der Waals surface area (Å²) in [6.07, 6.45) is 0.870. The summed E-state index contributed by atoms with van der Waals surface area (Å²) in [5.74, 6) is -0.736. The van der Waals surface area contributed by atoms with E-state index >= 15 is 0 Å². The van der Waals surface area contributed by atoms with Crippen LogP contribution in [0.5, 0.6) is 0 Å². The topological polar surface area (TPSA) is 87.3 Å². The number of carbonyl (C=O) groups is 3. The molecule has 2 rings (SSSR count). The molecule has 1 heterocycles. The van der Waals surface area contributed by atoms with Crippen LogP contribution in [0.3, 0.4) is 0 Å². The Bertz CT molecular complexity index is 847. The van der Waals surface area contributed by atoms with Gasteiger partial charge in [-0.2, -0.15) is 0 Å². The van der Waals surface area contributed by atoms with Gasteiger partial charge in [0.1, 0.15) is 0 Å². The second-order valence-electron chi connectivity index (χ2n) is 6.38. The number of anilines is 1. The zero-order valence-electron chi connectivity index (χ0n) is 16.4. The lowest BCUT2D eigenvalue weighted by atomic mass is 10.2. The summed E-state index contributed by atoms with van der Waals surface area (Å²) >= 11 is 2.62. The molecule has 0 aliphatic heterocycles. The Balaban J connectivity index is 1.75. The molecular weight excluding hydrogens is 394 g/mol. The molecule has 0 unspecified atom stereocenters. The molecular formula is C20H25N3O3S2. The second kappa shape index (κ2) is 10.3. The van der Waals surface area contributed by atoms with E-state index in [9.17, 15) is 14.4 Å². The van der Waals surface area contributed by atoms with Crippen molar-refractivity contribution in [1.29, 1.82) is 0 Å². The van der Waals surface area contributed by atoms with E-state index in [2.05, 4.69) is 16.2 Å². The fourth-order valence-electron chi connectivity index (χ4n) is 2.37. The Hall–Kier alpha value is -2.32. The number of thiophene rings is 1. The molecule has 1 atom stereocenters. The minimum absolute atomic E-state index is 0.139. The summed E-state index contributed by atoms with van der Waals surface area (Å²) in [5, 5.41) is 2.30. The van der Waals surface area contributed by atoms with Crippen molar-refractivity contribution in [2.24, 2.45) is 0 Å².